The molecule has 0 aliphatic heterocycles. The summed E-state index contributed by atoms with van der Waals surface area (Å²) in [6, 6.07) is 26.1. The molecule has 30 heavy (non-hydrogen) atoms. The fourth-order valence-corrected chi connectivity index (χ4v) is 3.39. The van der Waals surface area contributed by atoms with Crippen molar-refractivity contribution in [3.63, 3.8) is 0 Å². The Morgan fingerprint density at radius 1 is 0.867 bits per heavy atom. The van der Waals surface area contributed by atoms with Crippen LogP contribution < -0.4 is 9.47 Å². The Labute approximate surface area is 179 Å². The second-order valence-corrected chi connectivity index (χ2v) is 7.65. The normalized spacial score (nSPS) is 13.1. The van der Waals surface area contributed by atoms with Crippen molar-refractivity contribution in [1.82, 2.24) is 4.90 Å². The summed E-state index contributed by atoms with van der Waals surface area (Å²) in [6.07, 6.45) is -0.567. The smallest absolute Gasteiger partial charge is 0.161 e. The molecule has 3 aromatic rings. The number of methoxy groups -OCH3 is 1. The highest BCUT2D eigenvalue weighted by atomic mass is 16.5. The lowest BCUT2D eigenvalue weighted by atomic mass is 10.1. The Morgan fingerprint density at radius 2 is 1.50 bits per heavy atom. The van der Waals surface area contributed by atoms with Gasteiger partial charge in [-0.25, -0.2) is 0 Å². The monoisotopic (exact) mass is 405 g/mol. The van der Waals surface area contributed by atoms with Gasteiger partial charge < -0.3 is 14.6 Å². The summed E-state index contributed by atoms with van der Waals surface area (Å²) in [6.45, 7) is 5.93. The Hall–Kier alpha value is -2.82. The molecule has 0 radical (unpaired) electrons. The van der Waals surface area contributed by atoms with Crippen molar-refractivity contribution < 1.29 is 14.6 Å². The van der Waals surface area contributed by atoms with Crippen LogP contribution in [0.15, 0.2) is 78.9 Å². The summed E-state index contributed by atoms with van der Waals surface area (Å²) in [4.78, 5) is 2.26. The third-order valence-electron chi connectivity index (χ3n) is 5.27. The minimum atomic E-state index is -0.567. The summed E-state index contributed by atoms with van der Waals surface area (Å²) in [5.41, 5.74) is 3.32. The van der Waals surface area contributed by atoms with Gasteiger partial charge in [0.2, 0.25) is 0 Å². The SMILES string of the molecule is COc1ccccc1OCC(C)N(Cc1ccccc1)CC(O)c1ccc(C)cc1. The lowest BCUT2D eigenvalue weighted by Gasteiger charge is -2.31. The van der Waals surface area contributed by atoms with Crippen LogP contribution in [0.25, 0.3) is 0 Å². The molecule has 4 heteroatoms. The number of aliphatic hydroxyl groups excluding tert-OH is 1. The van der Waals surface area contributed by atoms with Gasteiger partial charge in [-0.05, 0) is 37.1 Å². The predicted molar refractivity (Wildman–Crippen MR) is 121 cm³/mol. The Balaban J connectivity index is 1.71. The van der Waals surface area contributed by atoms with Gasteiger partial charge in [-0.1, -0.05) is 72.3 Å². The van der Waals surface area contributed by atoms with Crippen molar-refractivity contribution in [3.05, 3.63) is 95.6 Å². The molecule has 3 rings (SSSR count). The zero-order valence-electron chi connectivity index (χ0n) is 18.0. The van der Waals surface area contributed by atoms with E-state index in [1.54, 1.807) is 7.11 Å². The summed E-state index contributed by atoms with van der Waals surface area (Å²) < 4.78 is 11.5. The average Bonchev–Trinajstić information content (AvgIpc) is 2.78. The summed E-state index contributed by atoms with van der Waals surface area (Å²) in [7, 11) is 1.64. The molecule has 0 bridgehead atoms. The van der Waals surface area contributed by atoms with Crippen LogP contribution in [0.2, 0.25) is 0 Å². The minimum absolute atomic E-state index is 0.0928. The fraction of sp³-hybridized carbons (Fsp3) is 0.308. The van der Waals surface area contributed by atoms with Crippen molar-refractivity contribution in [2.75, 3.05) is 20.3 Å². The lowest BCUT2D eigenvalue weighted by molar-refractivity contribution is 0.0675. The molecule has 0 aliphatic rings. The van der Waals surface area contributed by atoms with E-state index < -0.39 is 6.10 Å². The third-order valence-corrected chi connectivity index (χ3v) is 5.27. The number of ether oxygens (including phenoxy) is 2. The van der Waals surface area contributed by atoms with Gasteiger partial charge in [-0.15, -0.1) is 0 Å². The lowest BCUT2D eigenvalue weighted by Crippen LogP contribution is -2.39. The molecule has 0 fully saturated rings. The first kappa shape index (κ1) is 21.9. The average molecular weight is 406 g/mol. The molecule has 3 aromatic carbocycles. The quantitative estimate of drug-likeness (QED) is 0.515. The van der Waals surface area contributed by atoms with Gasteiger partial charge in [0.05, 0.1) is 13.2 Å². The molecule has 2 atom stereocenters. The second-order valence-electron chi connectivity index (χ2n) is 7.65. The zero-order valence-corrected chi connectivity index (χ0v) is 18.0. The zero-order chi connectivity index (χ0) is 21.3. The first-order chi connectivity index (χ1) is 14.6. The van der Waals surface area contributed by atoms with E-state index in [0.717, 1.165) is 23.6 Å². The molecule has 0 aromatic heterocycles. The van der Waals surface area contributed by atoms with Crippen molar-refractivity contribution in [2.24, 2.45) is 0 Å². The van der Waals surface area contributed by atoms with Gasteiger partial charge in [0.1, 0.15) is 6.61 Å². The van der Waals surface area contributed by atoms with Crippen LogP contribution >= 0.6 is 0 Å². The van der Waals surface area contributed by atoms with E-state index in [1.165, 1.54) is 11.1 Å². The minimum Gasteiger partial charge on any atom is -0.493 e. The largest absolute Gasteiger partial charge is 0.493 e. The number of hydrogen-bond acceptors (Lipinski definition) is 4. The molecule has 0 saturated carbocycles. The van der Waals surface area contributed by atoms with E-state index in [1.807, 2.05) is 66.7 Å². The molecule has 0 aliphatic carbocycles. The van der Waals surface area contributed by atoms with Crippen molar-refractivity contribution in [1.29, 1.82) is 0 Å². The third kappa shape index (κ3) is 6.09. The number of aliphatic hydroxyl groups is 1. The second kappa shape index (κ2) is 10.8. The van der Waals surface area contributed by atoms with Gasteiger partial charge >= 0.3 is 0 Å². The van der Waals surface area contributed by atoms with Gasteiger partial charge in [0.15, 0.2) is 11.5 Å². The number of nitrogens with zero attached hydrogens (tertiary/aromatic N) is 1. The van der Waals surface area contributed by atoms with Gasteiger partial charge in [-0.3, -0.25) is 4.90 Å². The number of rotatable bonds is 10. The molecule has 0 spiro atoms. The van der Waals surface area contributed by atoms with Crippen LogP contribution in [-0.2, 0) is 6.54 Å². The summed E-state index contributed by atoms with van der Waals surface area (Å²) in [5, 5.41) is 10.9. The van der Waals surface area contributed by atoms with Crippen LogP contribution in [0, 0.1) is 6.92 Å². The maximum atomic E-state index is 10.9. The molecule has 4 nitrogen and oxygen atoms in total. The first-order valence-electron chi connectivity index (χ1n) is 10.3. The van der Waals surface area contributed by atoms with Crippen LogP contribution in [0.3, 0.4) is 0 Å². The maximum Gasteiger partial charge on any atom is 0.161 e. The first-order valence-corrected chi connectivity index (χ1v) is 10.3. The molecule has 2 unspecified atom stereocenters. The standard InChI is InChI=1S/C26H31NO3/c1-20-13-15-23(16-14-20)24(28)18-27(17-22-9-5-4-6-10-22)21(2)19-30-26-12-8-7-11-25(26)29-3/h4-16,21,24,28H,17-19H2,1-3H3. The highest BCUT2D eigenvalue weighted by molar-refractivity contribution is 5.39. The molecular weight excluding hydrogens is 374 g/mol. The van der Waals surface area contributed by atoms with E-state index in [0.29, 0.717) is 13.2 Å². The number of para-hydroxylation sites is 2. The van der Waals surface area contributed by atoms with E-state index >= 15 is 0 Å². The highest BCUT2D eigenvalue weighted by Gasteiger charge is 2.20. The van der Waals surface area contributed by atoms with Crippen molar-refractivity contribution >= 4 is 0 Å². The summed E-state index contributed by atoms with van der Waals surface area (Å²) in [5.74, 6) is 1.45. The van der Waals surface area contributed by atoms with Gasteiger partial charge in [-0.2, -0.15) is 0 Å². The Bertz CT molecular complexity index is 896. The van der Waals surface area contributed by atoms with Crippen LogP contribution in [0.5, 0.6) is 11.5 Å². The van der Waals surface area contributed by atoms with Crippen LogP contribution in [0.4, 0.5) is 0 Å². The Kier molecular flexibility index (Phi) is 7.89. The molecular formula is C26H31NO3. The molecule has 0 amide bonds. The molecule has 0 heterocycles. The predicted octanol–water partition coefficient (Wildman–Crippen LogP) is 5.01. The number of benzene rings is 3. The number of hydrogen-bond donors (Lipinski definition) is 1. The van der Waals surface area contributed by atoms with E-state index in [-0.39, 0.29) is 6.04 Å². The topological polar surface area (TPSA) is 41.9 Å². The van der Waals surface area contributed by atoms with Gasteiger partial charge in [0, 0.05) is 19.1 Å². The maximum absolute atomic E-state index is 10.9. The van der Waals surface area contributed by atoms with Gasteiger partial charge in [0.25, 0.3) is 0 Å². The van der Waals surface area contributed by atoms with Crippen LogP contribution in [0.1, 0.15) is 29.7 Å². The van der Waals surface area contributed by atoms with E-state index in [2.05, 4.69) is 30.9 Å². The van der Waals surface area contributed by atoms with Crippen LogP contribution in [-0.4, -0.2) is 36.3 Å². The molecule has 0 saturated heterocycles. The summed E-state index contributed by atoms with van der Waals surface area (Å²) >= 11 is 0. The van der Waals surface area contributed by atoms with Crippen molar-refractivity contribution in [2.45, 2.75) is 32.5 Å². The van der Waals surface area contributed by atoms with E-state index in [4.69, 9.17) is 9.47 Å². The molecule has 1 N–H and O–H groups in total. The van der Waals surface area contributed by atoms with Crippen molar-refractivity contribution in [3.8, 4) is 11.5 Å². The number of aryl methyl sites for hydroxylation is 1. The Morgan fingerprint density at radius 3 is 2.17 bits per heavy atom. The molecule has 158 valence electrons. The van der Waals surface area contributed by atoms with E-state index in [9.17, 15) is 5.11 Å². The fourth-order valence-electron chi connectivity index (χ4n) is 3.39. The highest BCUT2D eigenvalue weighted by Crippen LogP contribution is 2.26.